The van der Waals surface area contributed by atoms with E-state index < -0.39 is 0 Å². The molecule has 3 rings (SSSR count). The molecule has 0 saturated heterocycles. The molecule has 0 N–H and O–H groups in total. The summed E-state index contributed by atoms with van der Waals surface area (Å²) in [4.78, 5) is 0. The van der Waals surface area contributed by atoms with Gasteiger partial charge in [-0.15, -0.1) is 0 Å². The third kappa shape index (κ3) is 4.11. The molecule has 0 unspecified atom stereocenters. The molecule has 3 aromatic carbocycles. The standard InChI is InChI=1S/C24H22/c1-2-21(22-14-8-4-9-15-22)19-24(23-16-10-5-11-17-23)18-20-12-6-3-7-13-20/h3-19H,2H2,1H3. The predicted molar refractivity (Wildman–Crippen MR) is 105 cm³/mol. The fraction of sp³-hybridized carbons (Fsp3) is 0.0833. The predicted octanol–water partition coefficient (Wildman–Crippen LogP) is 6.72. The molecule has 0 saturated carbocycles. The first-order valence-electron chi connectivity index (χ1n) is 8.45. The molecule has 0 atom stereocenters. The van der Waals surface area contributed by atoms with Crippen LogP contribution >= 0.6 is 0 Å². The van der Waals surface area contributed by atoms with Crippen LogP contribution in [0.1, 0.15) is 30.0 Å². The Bertz CT molecular complexity index is 810. The third-order valence-corrected chi connectivity index (χ3v) is 4.08. The van der Waals surface area contributed by atoms with E-state index in [1.54, 1.807) is 0 Å². The summed E-state index contributed by atoms with van der Waals surface area (Å²) in [6.45, 7) is 2.21. The lowest BCUT2D eigenvalue weighted by molar-refractivity contribution is 1.24. The zero-order valence-electron chi connectivity index (χ0n) is 14.0. The van der Waals surface area contributed by atoms with E-state index in [1.165, 1.54) is 27.8 Å². The van der Waals surface area contributed by atoms with Crippen molar-refractivity contribution in [3.63, 3.8) is 0 Å². The van der Waals surface area contributed by atoms with E-state index >= 15 is 0 Å². The minimum atomic E-state index is 1.00. The summed E-state index contributed by atoms with van der Waals surface area (Å²) < 4.78 is 0. The minimum Gasteiger partial charge on any atom is -0.0622 e. The molecular formula is C24H22. The van der Waals surface area contributed by atoms with Gasteiger partial charge in [0.05, 0.1) is 0 Å². The summed E-state index contributed by atoms with van der Waals surface area (Å²) in [7, 11) is 0. The van der Waals surface area contributed by atoms with Crippen molar-refractivity contribution < 1.29 is 0 Å². The quantitative estimate of drug-likeness (QED) is 0.362. The maximum absolute atomic E-state index is 2.32. The highest BCUT2D eigenvalue weighted by molar-refractivity contribution is 5.92. The van der Waals surface area contributed by atoms with Gasteiger partial charge in [0.2, 0.25) is 0 Å². The molecule has 0 fully saturated rings. The second-order valence-corrected chi connectivity index (χ2v) is 5.77. The Labute approximate surface area is 144 Å². The van der Waals surface area contributed by atoms with Gasteiger partial charge in [-0.2, -0.15) is 0 Å². The van der Waals surface area contributed by atoms with Crippen LogP contribution in [0.3, 0.4) is 0 Å². The van der Waals surface area contributed by atoms with Gasteiger partial charge in [0.25, 0.3) is 0 Å². The van der Waals surface area contributed by atoms with Crippen molar-refractivity contribution in [2.75, 3.05) is 0 Å². The molecule has 0 spiro atoms. The Morgan fingerprint density at radius 3 is 1.71 bits per heavy atom. The summed E-state index contributed by atoms with van der Waals surface area (Å²) >= 11 is 0. The topological polar surface area (TPSA) is 0 Å². The second-order valence-electron chi connectivity index (χ2n) is 5.77. The number of allylic oxidation sites excluding steroid dienone is 3. The van der Waals surface area contributed by atoms with E-state index in [9.17, 15) is 0 Å². The molecule has 118 valence electrons. The maximum atomic E-state index is 2.32. The largest absolute Gasteiger partial charge is 0.0622 e. The summed E-state index contributed by atoms with van der Waals surface area (Å²) in [5, 5.41) is 0. The lowest BCUT2D eigenvalue weighted by Gasteiger charge is -2.09. The molecule has 0 aliphatic carbocycles. The highest BCUT2D eigenvalue weighted by Gasteiger charge is 2.03. The molecule has 0 aliphatic rings. The SMILES string of the molecule is CCC(=CC(=Cc1ccccc1)c1ccccc1)c1ccccc1. The van der Waals surface area contributed by atoms with Gasteiger partial charge >= 0.3 is 0 Å². The number of hydrogen-bond acceptors (Lipinski definition) is 0. The van der Waals surface area contributed by atoms with Crippen LogP contribution in [0.25, 0.3) is 17.2 Å². The number of benzene rings is 3. The van der Waals surface area contributed by atoms with Crippen molar-refractivity contribution in [2.45, 2.75) is 13.3 Å². The third-order valence-electron chi connectivity index (χ3n) is 4.08. The fourth-order valence-electron chi connectivity index (χ4n) is 2.80. The summed E-state index contributed by atoms with van der Waals surface area (Å²) in [5.41, 5.74) is 6.33. The van der Waals surface area contributed by atoms with Crippen LogP contribution in [-0.2, 0) is 0 Å². The molecule has 0 heteroatoms. The minimum absolute atomic E-state index is 1.00. The van der Waals surface area contributed by atoms with Crippen molar-refractivity contribution in [3.05, 3.63) is 114 Å². The van der Waals surface area contributed by atoms with Gasteiger partial charge in [-0.3, -0.25) is 0 Å². The number of rotatable bonds is 5. The Morgan fingerprint density at radius 2 is 1.17 bits per heavy atom. The van der Waals surface area contributed by atoms with E-state index in [-0.39, 0.29) is 0 Å². The highest BCUT2D eigenvalue weighted by atomic mass is 14.1. The van der Waals surface area contributed by atoms with Crippen LogP contribution in [0.15, 0.2) is 97.1 Å². The summed E-state index contributed by atoms with van der Waals surface area (Å²) in [6, 6.07) is 31.7. The van der Waals surface area contributed by atoms with E-state index in [0.717, 1.165) is 6.42 Å². The monoisotopic (exact) mass is 310 g/mol. The van der Waals surface area contributed by atoms with Crippen LogP contribution in [-0.4, -0.2) is 0 Å². The second kappa shape index (κ2) is 8.12. The summed E-state index contributed by atoms with van der Waals surface area (Å²) in [5.74, 6) is 0. The first kappa shape index (κ1) is 16.0. The Kier molecular flexibility index (Phi) is 5.42. The molecule has 0 bridgehead atoms. The van der Waals surface area contributed by atoms with Crippen LogP contribution < -0.4 is 0 Å². The van der Waals surface area contributed by atoms with Gasteiger partial charge in [-0.25, -0.2) is 0 Å². The van der Waals surface area contributed by atoms with Crippen molar-refractivity contribution in [1.82, 2.24) is 0 Å². The molecule has 24 heavy (non-hydrogen) atoms. The highest BCUT2D eigenvalue weighted by Crippen LogP contribution is 2.26. The molecule has 0 amide bonds. The number of hydrogen-bond donors (Lipinski definition) is 0. The zero-order valence-corrected chi connectivity index (χ0v) is 14.0. The van der Waals surface area contributed by atoms with Crippen molar-refractivity contribution >= 4 is 17.2 Å². The molecule has 3 aromatic rings. The Hall–Kier alpha value is -2.86. The van der Waals surface area contributed by atoms with Gasteiger partial charge in [0.15, 0.2) is 0 Å². The van der Waals surface area contributed by atoms with Gasteiger partial charge in [-0.1, -0.05) is 104 Å². The fourth-order valence-corrected chi connectivity index (χ4v) is 2.80. The van der Waals surface area contributed by atoms with E-state index in [0.29, 0.717) is 0 Å². The Balaban J connectivity index is 2.08. The first-order valence-corrected chi connectivity index (χ1v) is 8.45. The van der Waals surface area contributed by atoms with Gasteiger partial charge in [0, 0.05) is 0 Å². The van der Waals surface area contributed by atoms with E-state index in [4.69, 9.17) is 0 Å². The van der Waals surface area contributed by atoms with E-state index in [2.05, 4.69) is 110 Å². The molecule has 0 aromatic heterocycles. The lowest BCUT2D eigenvalue weighted by Crippen LogP contribution is -1.87. The zero-order chi connectivity index (χ0) is 16.6. The molecule has 0 aliphatic heterocycles. The van der Waals surface area contributed by atoms with Crippen molar-refractivity contribution in [3.8, 4) is 0 Å². The smallest absolute Gasteiger partial charge is 0.0175 e. The maximum Gasteiger partial charge on any atom is -0.0175 e. The van der Waals surface area contributed by atoms with Crippen LogP contribution in [0, 0.1) is 0 Å². The van der Waals surface area contributed by atoms with Gasteiger partial charge in [0.1, 0.15) is 0 Å². The average molecular weight is 310 g/mol. The molecule has 0 nitrogen and oxygen atoms in total. The normalized spacial score (nSPS) is 12.2. The molecule has 0 radical (unpaired) electrons. The van der Waals surface area contributed by atoms with Crippen LogP contribution in [0.5, 0.6) is 0 Å². The lowest BCUT2D eigenvalue weighted by atomic mass is 9.96. The van der Waals surface area contributed by atoms with Crippen molar-refractivity contribution in [1.29, 1.82) is 0 Å². The van der Waals surface area contributed by atoms with Crippen LogP contribution in [0.2, 0.25) is 0 Å². The summed E-state index contributed by atoms with van der Waals surface area (Å²) in [6.07, 6.45) is 5.58. The van der Waals surface area contributed by atoms with Crippen LogP contribution in [0.4, 0.5) is 0 Å². The van der Waals surface area contributed by atoms with Gasteiger partial charge in [-0.05, 0) is 40.3 Å². The molecular weight excluding hydrogens is 288 g/mol. The van der Waals surface area contributed by atoms with E-state index in [1.807, 2.05) is 0 Å². The van der Waals surface area contributed by atoms with Gasteiger partial charge < -0.3 is 0 Å². The average Bonchev–Trinajstić information content (AvgIpc) is 2.67. The first-order chi connectivity index (χ1) is 11.9. The van der Waals surface area contributed by atoms with Crippen molar-refractivity contribution in [2.24, 2.45) is 0 Å². The Morgan fingerprint density at radius 1 is 0.667 bits per heavy atom. The molecule has 0 heterocycles.